The van der Waals surface area contributed by atoms with E-state index in [9.17, 15) is 0 Å². The minimum absolute atomic E-state index is 0.696. The second-order valence-electron chi connectivity index (χ2n) is 4.35. The summed E-state index contributed by atoms with van der Waals surface area (Å²) in [6.07, 6.45) is 5.64. The van der Waals surface area contributed by atoms with Crippen molar-refractivity contribution in [3.8, 4) is 0 Å². The third-order valence-corrected chi connectivity index (χ3v) is 3.33. The number of fused-ring (bicyclic) bond motifs is 2. The molecular weight excluding hydrogens is 188 g/mol. The Balaban J connectivity index is 2.20. The molecule has 0 unspecified atom stereocenters. The van der Waals surface area contributed by atoms with Crippen molar-refractivity contribution < 1.29 is 0 Å². The normalized spacial score (nSPS) is 18.9. The van der Waals surface area contributed by atoms with E-state index >= 15 is 0 Å². The number of anilines is 1. The fraction of sp³-hybridized carbons (Fsp3) is 0.636. The molecule has 1 aliphatic carbocycles. The first-order valence-corrected chi connectivity index (χ1v) is 5.77. The molecule has 0 atom stereocenters. The van der Waals surface area contributed by atoms with Gasteiger partial charge in [-0.2, -0.15) is 0 Å². The first-order valence-electron chi connectivity index (χ1n) is 5.77. The Morgan fingerprint density at radius 1 is 1.20 bits per heavy atom. The molecule has 2 heterocycles. The van der Waals surface area contributed by atoms with Crippen molar-refractivity contribution in [3.63, 3.8) is 0 Å². The van der Waals surface area contributed by atoms with E-state index in [0.29, 0.717) is 5.49 Å². The Morgan fingerprint density at radius 3 is 3.00 bits per heavy atom. The molecule has 80 valence electrons. The zero-order valence-electron chi connectivity index (χ0n) is 8.84. The summed E-state index contributed by atoms with van der Waals surface area (Å²) in [7, 11) is 0. The molecule has 1 aromatic heterocycles. The number of nitrogens with zero attached hydrogens (tertiary/aromatic N) is 2. The molecule has 0 bridgehead atoms. The van der Waals surface area contributed by atoms with Crippen LogP contribution in [-0.2, 0) is 19.4 Å². The summed E-state index contributed by atoms with van der Waals surface area (Å²) in [5, 5.41) is 11.5. The van der Waals surface area contributed by atoms with Gasteiger partial charge in [0.05, 0.1) is 5.69 Å². The van der Waals surface area contributed by atoms with Crippen LogP contribution < -0.4 is 10.8 Å². The monoisotopic (exact) mass is 204 g/mol. The minimum Gasteiger partial charge on any atom is -0.356 e. The van der Waals surface area contributed by atoms with Gasteiger partial charge in [0, 0.05) is 18.7 Å². The first kappa shape index (κ1) is 8.95. The zero-order valence-corrected chi connectivity index (χ0v) is 8.84. The maximum atomic E-state index is 8.19. The maximum Gasteiger partial charge on any atom is 0.204 e. The summed E-state index contributed by atoms with van der Waals surface area (Å²) in [5.41, 5.74) is 3.04. The van der Waals surface area contributed by atoms with Crippen LogP contribution in [0.3, 0.4) is 0 Å². The van der Waals surface area contributed by atoms with E-state index < -0.39 is 0 Å². The lowest BCUT2D eigenvalue weighted by Crippen LogP contribution is -2.34. The summed E-state index contributed by atoms with van der Waals surface area (Å²) in [4.78, 5) is 4.65. The lowest BCUT2D eigenvalue weighted by Gasteiger charge is -2.24. The number of hydrogen-bond acceptors (Lipinski definition) is 3. The molecule has 0 fully saturated rings. The molecule has 15 heavy (non-hydrogen) atoms. The highest BCUT2D eigenvalue weighted by molar-refractivity contribution is 5.33. The third-order valence-electron chi connectivity index (χ3n) is 3.33. The first-order chi connectivity index (χ1) is 7.36. The maximum absolute atomic E-state index is 8.19. The Hall–Kier alpha value is -1.32. The van der Waals surface area contributed by atoms with E-state index in [2.05, 4.69) is 10.3 Å². The molecule has 0 aromatic carbocycles. The van der Waals surface area contributed by atoms with Crippen LogP contribution in [0.2, 0.25) is 0 Å². The summed E-state index contributed by atoms with van der Waals surface area (Å²) in [6, 6.07) is 0. The van der Waals surface area contributed by atoms with Gasteiger partial charge in [0.25, 0.3) is 0 Å². The quantitative estimate of drug-likeness (QED) is 0.664. The minimum atomic E-state index is 0.696. The Kier molecular flexibility index (Phi) is 2.01. The van der Waals surface area contributed by atoms with Crippen LogP contribution in [0.25, 0.3) is 0 Å². The van der Waals surface area contributed by atoms with Crippen LogP contribution in [0.15, 0.2) is 0 Å². The summed E-state index contributed by atoms with van der Waals surface area (Å²) < 4.78 is 2.02. The van der Waals surface area contributed by atoms with Crippen molar-refractivity contribution in [1.29, 1.82) is 5.41 Å². The van der Waals surface area contributed by atoms with Gasteiger partial charge < -0.3 is 5.32 Å². The number of nitrogens with one attached hydrogen (secondary N) is 2. The van der Waals surface area contributed by atoms with Gasteiger partial charge in [-0.15, -0.1) is 0 Å². The standard InChI is InChI=1S/C11H16N4/c12-10-8-4-1-2-5-9(8)14-11-13-6-3-7-15(10)11/h12H,1-7H2,(H,13,14). The van der Waals surface area contributed by atoms with Crippen molar-refractivity contribution in [1.82, 2.24) is 9.55 Å². The van der Waals surface area contributed by atoms with Crippen molar-refractivity contribution in [2.75, 3.05) is 11.9 Å². The highest BCUT2D eigenvalue weighted by atomic mass is 15.2. The summed E-state index contributed by atoms with van der Waals surface area (Å²) in [5.74, 6) is 0.909. The van der Waals surface area contributed by atoms with E-state index in [1.807, 2.05) is 4.57 Å². The second kappa shape index (κ2) is 3.36. The van der Waals surface area contributed by atoms with Crippen LogP contribution in [0, 0.1) is 5.41 Å². The van der Waals surface area contributed by atoms with Gasteiger partial charge in [-0.1, -0.05) is 0 Å². The predicted octanol–water partition coefficient (Wildman–Crippen LogP) is 1.06. The van der Waals surface area contributed by atoms with Crippen molar-refractivity contribution >= 4 is 5.95 Å². The number of aromatic nitrogens is 2. The van der Waals surface area contributed by atoms with Crippen LogP contribution in [0.1, 0.15) is 30.5 Å². The van der Waals surface area contributed by atoms with Gasteiger partial charge in [0.15, 0.2) is 0 Å². The second-order valence-corrected chi connectivity index (χ2v) is 4.35. The highest BCUT2D eigenvalue weighted by Gasteiger charge is 2.18. The largest absolute Gasteiger partial charge is 0.356 e. The van der Waals surface area contributed by atoms with Gasteiger partial charge in [-0.3, -0.25) is 9.98 Å². The molecular formula is C11H16N4. The molecule has 0 saturated carbocycles. The predicted molar refractivity (Wildman–Crippen MR) is 57.8 cm³/mol. The van der Waals surface area contributed by atoms with E-state index in [0.717, 1.165) is 44.0 Å². The van der Waals surface area contributed by atoms with Crippen LogP contribution in [0.5, 0.6) is 0 Å². The molecule has 2 aliphatic rings. The SMILES string of the molecule is N=c1c2c(nc3n1CCCN3)CCCC2. The topological polar surface area (TPSA) is 53.7 Å². The molecule has 0 spiro atoms. The van der Waals surface area contributed by atoms with Gasteiger partial charge in [0.1, 0.15) is 5.49 Å². The molecule has 0 radical (unpaired) electrons. The van der Waals surface area contributed by atoms with Gasteiger partial charge in [0.2, 0.25) is 5.95 Å². The van der Waals surface area contributed by atoms with Crippen LogP contribution >= 0.6 is 0 Å². The molecule has 2 N–H and O–H groups in total. The lowest BCUT2D eigenvalue weighted by atomic mass is 9.97. The molecule has 4 nitrogen and oxygen atoms in total. The summed E-state index contributed by atoms with van der Waals surface area (Å²) >= 11 is 0. The van der Waals surface area contributed by atoms with E-state index in [1.54, 1.807) is 0 Å². The molecule has 1 aromatic rings. The van der Waals surface area contributed by atoms with E-state index in [1.165, 1.54) is 18.4 Å². The van der Waals surface area contributed by atoms with E-state index in [4.69, 9.17) is 5.41 Å². The number of rotatable bonds is 0. The molecule has 0 amide bonds. The fourth-order valence-electron chi connectivity index (χ4n) is 2.51. The van der Waals surface area contributed by atoms with Crippen molar-refractivity contribution in [2.45, 2.75) is 38.6 Å². The lowest BCUT2D eigenvalue weighted by molar-refractivity contribution is 0.552. The zero-order chi connectivity index (χ0) is 10.3. The Labute approximate surface area is 88.9 Å². The van der Waals surface area contributed by atoms with Crippen LogP contribution in [0.4, 0.5) is 5.95 Å². The molecule has 4 heteroatoms. The van der Waals surface area contributed by atoms with Gasteiger partial charge >= 0.3 is 0 Å². The average molecular weight is 204 g/mol. The smallest absolute Gasteiger partial charge is 0.204 e. The Morgan fingerprint density at radius 2 is 2.07 bits per heavy atom. The van der Waals surface area contributed by atoms with Crippen molar-refractivity contribution in [2.24, 2.45) is 0 Å². The molecule has 0 saturated heterocycles. The highest BCUT2D eigenvalue weighted by Crippen LogP contribution is 2.19. The van der Waals surface area contributed by atoms with Crippen molar-refractivity contribution in [3.05, 3.63) is 16.7 Å². The number of aryl methyl sites for hydroxylation is 1. The third kappa shape index (κ3) is 1.35. The number of hydrogen-bond donors (Lipinski definition) is 2. The van der Waals surface area contributed by atoms with E-state index in [-0.39, 0.29) is 0 Å². The van der Waals surface area contributed by atoms with Crippen LogP contribution in [-0.4, -0.2) is 16.1 Å². The van der Waals surface area contributed by atoms with Gasteiger partial charge in [-0.25, -0.2) is 4.98 Å². The molecule has 3 rings (SSSR count). The van der Waals surface area contributed by atoms with Gasteiger partial charge in [-0.05, 0) is 32.1 Å². The fourth-order valence-corrected chi connectivity index (χ4v) is 2.51. The summed E-state index contributed by atoms with van der Waals surface area (Å²) in [6.45, 7) is 1.94. The molecule has 1 aliphatic heterocycles. The average Bonchev–Trinajstić information content (AvgIpc) is 2.30. The Bertz CT molecular complexity index is 409.